The van der Waals surface area contributed by atoms with Gasteiger partial charge in [0.15, 0.2) is 5.82 Å². The number of carbonyl (C=O) groups excluding carboxylic acids is 1. The zero-order valence-corrected chi connectivity index (χ0v) is 13.2. The topological polar surface area (TPSA) is 82.7 Å². The van der Waals surface area contributed by atoms with Crippen molar-refractivity contribution in [3.63, 3.8) is 0 Å². The van der Waals surface area contributed by atoms with E-state index in [1.165, 1.54) is 4.68 Å². The second kappa shape index (κ2) is 6.41. The van der Waals surface area contributed by atoms with Crippen LogP contribution in [0.3, 0.4) is 0 Å². The Balaban J connectivity index is 1.99. The van der Waals surface area contributed by atoms with E-state index in [0.29, 0.717) is 12.1 Å². The van der Waals surface area contributed by atoms with Crippen molar-refractivity contribution in [3.05, 3.63) is 45.6 Å². The van der Waals surface area contributed by atoms with Gasteiger partial charge in [-0.15, -0.1) is 0 Å². The Morgan fingerprint density at radius 3 is 3.00 bits per heavy atom. The molecule has 2 N–H and O–H groups in total. The molecule has 0 unspecified atom stereocenters. The molecule has 0 spiro atoms. The van der Waals surface area contributed by atoms with Crippen molar-refractivity contribution in [2.75, 3.05) is 5.32 Å². The number of amides is 2. The number of hydrogen-bond acceptors (Lipinski definition) is 3. The van der Waals surface area contributed by atoms with E-state index in [-0.39, 0.29) is 5.82 Å². The summed E-state index contributed by atoms with van der Waals surface area (Å²) >= 11 is 3.40. The summed E-state index contributed by atoms with van der Waals surface area (Å²) in [6.45, 7) is 2.37. The van der Waals surface area contributed by atoms with Crippen molar-refractivity contribution in [1.29, 1.82) is 5.26 Å². The average Bonchev–Trinajstić information content (AvgIpc) is 2.79. The number of nitriles is 1. The van der Waals surface area contributed by atoms with E-state index in [9.17, 15) is 4.79 Å². The first-order chi connectivity index (χ1) is 9.99. The van der Waals surface area contributed by atoms with Crippen LogP contribution in [0.1, 0.15) is 16.7 Å². The Morgan fingerprint density at radius 1 is 1.52 bits per heavy atom. The number of nitrogens with zero attached hydrogens (tertiary/aromatic N) is 3. The number of benzene rings is 1. The van der Waals surface area contributed by atoms with Crippen molar-refractivity contribution in [2.24, 2.45) is 7.05 Å². The zero-order chi connectivity index (χ0) is 15.4. The minimum atomic E-state index is -0.399. The highest BCUT2D eigenvalue weighted by molar-refractivity contribution is 9.10. The number of halogens is 1. The normalized spacial score (nSPS) is 10.0. The van der Waals surface area contributed by atoms with Crippen molar-refractivity contribution >= 4 is 27.8 Å². The minimum absolute atomic E-state index is 0.253. The van der Waals surface area contributed by atoms with Gasteiger partial charge < -0.3 is 5.32 Å². The molecule has 0 aliphatic carbocycles. The molecule has 1 aromatic carbocycles. The largest absolute Gasteiger partial charge is 0.334 e. The molecule has 0 saturated heterocycles. The number of carbonyl (C=O) groups is 1. The molecule has 0 atom stereocenters. The Bertz CT molecular complexity index is 717. The molecule has 1 aromatic heterocycles. The second-order valence-corrected chi connectivity index (χ2v) is 5.47. The predicted octanol–water partition coefficient (Wildman–Crippen LogP) is 2.68. The molecule has 2 amide bonds. The van der Waals surface area contributed by atoms with E-state index < -0.39 is 6.03 Å². The van der Waals surface area contributed by atoms with E-state index >= 15 is 0 Å². The Labute approximate surface area is 130 Å². The minimum Gasteiger partial charge on any atom is -0.334 e. The van der Waals surface area contributed by atoms with E-state index in [0.717, 1.165) is 15.6 Å². The van der Waals surface area contributed by atoms with Crippen LogP contribution in [-0.4, -0.2) is 15.8 Å². The summed E-state index contributed by atoms with van der Waals surface area (Å²) in [6, 6.07) is 7.47. The van der Waals surface area contributed by atoms with Gasteiger partial charge in [-0.05, 0) is 30.2 Å². The summed E-state index contributed by atoms with van der Waals surface area (Å²) in [5, 5.41) is 18.3. The van der Waals surface area contributed by atoms with Gasteiger partial charge in [0.2, 0.25) is 0 Å². The number of aromatic nitrogens is 2. The third kappa shape index (κ3) is 3.83. The average molecular weight is 348 g/mol. The van der Waals surface area contributed by atoms with Crippen molar-refractivity contribution in [1.82, 2.24) is 15.1 Å². The van der Waals surface area contributed by atoms with Gasteiger partial charge in [0.05, 0.1) is 0 Å². The lowest BCUT2D eigenvalue weighted by Crippen LogP contribution is -2.29. The van der Waals surface area contributed by atoms with Gasteiger partial charge in [-0.25, -0.2) is 4.79 Å². The first kappa shape index (κ1) is 15.1. The summed E-state index contributed by atoms with van der Waals surface area (Å²) in [7, 11) is 1.69. The molecule has 2 rings (SSSR count). The lowest BCUT2D eigenvalue weighted by atomic mass is 10.1. The summed E-state index contributed by atoms with van der Waals surface area (Å²) in [5.74, 6) is 0.253. The number of nitrogens with one attached hydrogen (secondary N) is 2. The summed E-state index contributed by atoms with van der Waals surface area (Å²) in [5.41, 5.74) is 2.43. The van der Waals surface area contributed by atoms with E-state index in [1.807, 2.05) is 31.2 Å². The highest BCUT2D eigenvalue weighted by atomic mass is 79.9. The van der Waals surface area contributed by atoms with Crippen LogP contribution in [0.5, 0.6) is 0 Å². The maximum Gasteiger partial charge on any atom is 0.320 e. The first-order valence-electron chi connectivity index (χ1n) is 6.23. The summed E-state index contributed by atoms with van der Waals surface area (Å²) in [4.78, 5) is 11.9. The lowest BCUT2D eigenvalue weighted by molar-refractivity contribution is 0.251. The number of rotatable bonds is 3. The Hall–Kier alpha value is -2.33. The standard InChI is InChI=1S/C14H14BrN5O/c1-9-3-4-12(15)5-10(9)7-17-14(21)18-13-11(6-16)8-20(2)19-13/h3-5,8H,7H2,1-2H3,(H2,17,18,19,21). The third-order valence-electron chi connectivity index (χ3n) is 2.93. The molecule has 0 fully saturated rings. The molecule has 1 heterocycles. The monoisotopic (exact) mass is 347 g/mol. The molecule has 0 aliphatic rings. The Morgan fingerprint density at radius 2 is 2.29 bits per heavy atom. The van der Waals surface area contributed by atoms with Gasteiger partial charge in [-0.2, -0.15) is 10.4 Å². The van der Waals surface area contributed by atoms with Gasteiger partial charge >= 0.3 is 6.03 Å². The summed E-state index contributed by atoms with van der Waals surface area (Å²) in [6.07, 6.45) is 1.55. The van der Waals surface area contributed by atoms with Crippen LogP contribution in [-0.2, 0) is 13.6 Å². The maximum atomic E-state index is 11.9. The SMILES string of the molecule is Cc1ccc(Br)cc1CNC(=O)Nc1nn(C)cc1C#N. The zero-order valence-electron chi connectivity index (χ0n) is 11.6. The van der Waals surface area contributed by atoms with Crippen LogP contribution >= 0.6 is 15.9 Å². The van der Waals surface area contributed by atoms with Gasteiger partial charge in [-0.3, -0.25) is 10.00 Å². The van der Waals surface area contributed by atoms with E-state index in [4.69, 9.17) is 5.26 Å². The number of urea groups is 1. The number of hydrogen-bond donors (Lipinski definition) is 2. The van der Waals surface area contributed by atoms with Crippen molar-refractivity contribution in [3.8, 4) is 6.07 Å². The smallest absolute Gasteiger partial charge is 0.320 e. The van der Waals surface area contributed by atoms with E-state index in [2.05, 4.69) is 31.7 Å². The van der Waals surface area contributed by atoms with Gasteiger partial charge in [0.25, 0.3) is 0 Å². The van der Waals surface area contributed by atoms with E-state index in [1.54, 1.807) is 13.2 Å². The maximum absolute atomic E-state index is 11.9. The van der Waals surface area contributed by atoms with Gasteiger partial charge in [0.1, 0.15) is 11.6 Å². The molecule has 0 bridgehead atoms. The molecule has 7 heteroatoms. The van der Waals surface area contributed by atoms with Crippen LogP contribution in [0, 0.1) is 18.3 Å². The van der Waals surface area contributed by atoms with Crippen LogP contribution in [0.25, 0.3) is 0 Å². The van der Waals surface area contributed by atoms with Crippen molar-refractivity contribution < 1.29 is 4.79 Å². The van der Waals surface area contributed by atoms with Crippen LogP contribution in [0.2, 0.25) is 0 Å². The number of aryl methyl sites for hydroxylation is 2. The highest BCUT2D eigenvalue weighted by Gasteiger charge is 2.10. The highest BCUT2D eigenvalue weighted by Crippen LogP contribution is 2.16. The molecule has 0 saturated carbocycles. The molecule has 6 nitrogen and oxygen atoms in total. The molecule has 108 valence electrons. The third-order valence-corrected chi connectivity index (χ3v) is 3.43. The summed E-state index contributed by atoms with van der Waals surface area (Å²) < 4.78 is 2.44. The molecule has 21 heavy (non-hydrogen) atoms. The molecular formula is C14H14BrN5O. The van der Waals surface area contributed by atoms with Crippen molar-refractivity contribution in [2.45, 2.75) is 13.5 Å². The first-order valence-corrected chi connectivity index (χ1v) is 7.02. The predicted molar refractivity (Wildman–Crippen MR) is 82.7 cm³/mol. The Kier molecular flexibility index (Phi) is 4.60. The van der Waals surface area contributed by atoms with Crippen LogP contribution in [0.4, 0.5) is 10.6 Å². The fourth-order valence-electron chi connectivity index (χ4n) is 1.82. The van der Waals surface area contributed by atoms with Gasteiger partial charge in [0, 0.05) is 24.3 Å². The molecule has 0 radical (unpaired) electrons. The molecule has 2 aromatic rings. The molecular weight excluding hydrogens is 334 g/mol. The van der Waals surface area contributed by atoms with Gasteiger partial charge in [-0.1, -0.05) is 22.0 Å². The van der Waals surface area contributed by atoms with Crippen LogP contribution in [0.15, 0.2) is 28.9 Å². The lowest BCUT2D eigenvalue weighted by Gasteiger charge is -2.09. The molecule has 0 aliphatic heterocycles. The quantitative estimate of drug-likeness (QED) is 0.895. The van der Waals surface area contributed by atoms with Crippen LogP contribution < -0.4 is 10.6 Å². The fourth-order valence-corrected chi connectivity index (χ4v) is 2.23. The second-order valence-electron chi connectivity index (χ2n) is 4.56. The fraction of sp³-hybridized carbons (Fsp3) is 0.214. The number of anilines is 1.